The van der Waals surface area contributed by atoms with Gasteiger partial charge in [0.1, 0.15) is 5.82 Å². The summed E-state index contributed by atoms with van der Waals surface area (Å²) in [5.41, 5.74) is 2.37. The highest BCUT2D eigenvalue weighted by molar-refractivity contribution is 5.89. The first-order valence-corrected chi connectivity index (χ1v) is 9.11. The summed E-state index contributed by atoms with van der Waals surface area (Å²) in [6.07, 6.45) is 2.59. The van der Waals surface area contributed by atoms with E-state index in [4.69, 9.17) is 4.74 Å². The number of carbonyl (C=O) groups excluding carboxylic acids is 2. The quantitative estimate of drug-likeness (QED) is 0.485. The zero-order chi connectivity index (χ0) is 20.5. The third kappa shape index (κ3) is 6.14. The summed E-state index contributed by atoms with van der Waals surface area (Å²) in [7, 11) is 0. The maximum absolute atomic E-state index is 13.1. The number of hydrogen-bond donors (Lipinski definition) is 1. The fourth-order valence-electron chi connectivity index (χ4n) is 2.81. The Balaban J connectivity index is 1.59. The maximum Gasteiger partial charge on any atom is 0.331 e. The van der Waals surface area contributed by atoms with E-state index >= 15 is 0 Å². The van der Waals surface area contributed by atoms with Crippen LogP contribution in [0.2, 0.25) is 0 Å². The van der Waals surface area contributed by atoms with Crippen LogP contribution in [0.15, 0.2) is 91.0 Å². The first-order valence-electron chi connectivity index (χ1n) is 9.11. The molecule has 0 fully saturated rings. The molecule has 0 bridgehead atoms. The molecule has 29 heavy (non-hydrogen) atoms. The lowest BCUT2D eigenvalue weighted by Gasteiger charge is -2.19. The highest BCUT2D eigenvalue weighted by Gasteiger charge is 2.17. The van der Waals surface area contributed by atoms with Crippen molar-refractivity contribution in [2.24, 2.45) is 0 Å². The molecule has 3 rings (SSSR count). The van der Waals surface area contributed by atoms with Gasteiger partial charge in [0.05, 0.1) is 6.04 Å². The molecule has 0 aliphatic carbocycles. The second-order valence-electron chi connectivity index (χ2n) is 6.32. The molecule has 5 heteroatoms. The number of rotatable bonds is 7. The van der Waals surface area contributed by atoms with Crippen LogP contribution in [0, 0.1) is 5.82 Å². The van der Waals surface area contributed by atoms with Crippen molar-refractivity contribution in [1.29, 1.82) is 0 Å². The third-order valence-electron chi connectivity index (χ3n) is 4.18. The Kier molecular flexibility index (Phi) is 6.90. The van der Waals surface area contributed by atoms with Crippen molar-refractivity contribution >= 4 is 18.0 Å². The molecular weight excluding hydrogens is 369 g/mol. The van der Waals surface area contributed by atoms with E-state index in [1.165, 1.54) is 18.2 Å². The molecule has 0 atom stereocenters. The Morgan fingerprint density at radius 1 is 0.897 bits per heavy atom. The first-order chi connectivity index (χ1) is 14.1. The molecule has 146 valence electrons. The third-order valence-corrected chi connectivity index (χ3v) is 4.18. The molecule has 4 nitrogen and oxygen atoms in total. The first kappa shape index (κ1) is 20.0. The van der Waals surface area contributed by atoms with Crippen LogP contribution >= 0.6 is 0 Å². The zero-order valence-corrected chi connectivity index (χ0v) is 15.6. The summed E-state index contributed by atoms with van der Waals surface area (Å²) in [6, 6.07) is 24.5. The highest BCUT2D eigenvalue weighted by Crippen LogP contribution is 2.21. The van der Waals surface area contributed by atoms with E-state index in [1.807, 2.05) is 60.7 Å². The van der Waals surface area contributed by atoms with E-state index in [0.29, 0.717) is 5.56 Å². The predicted octanol–water partition coefficient (Wildman–Crippen LogP) is 4.29. The molecule has 0 radical (unpaired) electrons. The maximum atomic E-state index is 13.1. The summed E-state index contributed by atoms with van der Waals surface area (Å²) in [5, 5.41) is 2.90. The standard InChI is InChI=1S/C24H20FNO3/c25-21-13-7-8-18(16-21)14-15-23(28)29-17-22(27)26-24(19-9-3-1-4-10-19)20-11-5-2-6-12-20/h1-16,24H,17H2,(H,26,27)/b15-14+. The Morgan fingerprint density at radius 3 is 2.10 bits per heavy atom. The van der Waals surface area contributed by atoms with E-state index in [1.54, 1.807) is 12.1 Å². The molecule has 3 aromatic rings. The fourth-order valence-corrected chi connectivity index (χ4v) is 2.81. The largest absolute Gasteiger partial charge is 0.452 e. The summed E-state index contributed by atoms with van der Waals surface area (Å²) >= 11 is 0. The van der Waals surface area contributed by atoms with E-state index in [-0.39, 0.29) is 6.04 Å². The number of hydrogen-bond acceptors (Lipinski definition) is 3. The molecule has 0 saturated carbocycles. The monoisotopic (exact) mass is 389 g/mol. The second kappa shape index (κ2) is 9.99. The van der Waals surface area contributed by atoms with Crippen LogP contribution in [0.3, 0.4) is 0 Å². The molecule has 0 aliphatic heterocycles. The average Bonchev–Trinajstić information content (AvgIpc) is 2.76. The van der Waals surface area contributed by atoms with Gasteiger partial charge in [-0.1, -0.05) is 72.8 Å². The van der Waals surface area contributed by atoms with Gasteiger partial charge in [0.2, 0.25) is 0 Å². The van der Waals surface area contributed by atoms with Crippen molar-refractivity contribution in [2.45, 2.75) is 6.04 Å². The smallest absolute Gasteiger partial charge is 0.331 e. The van der Waals surface area contributed by atoms with Crippen molar-refractivity contribution in [3.8, 4) is 0 Å². The molecule has 0 heterocycles. The minimum absolute atomic E-state index is 0.355. The van der Waals surface area contributed by atoms with Crippen LogP contribution in [0.1, 0.15) is 22.7 Å². The Labute approximate surface area is 168 Å². The van der Waals surface area contributed by atoms with Gasteiger partial charge in [-0.25, -0.2) is 9.18 Å². The van der Waals surface area contributed by atoms with Gasteiger partial charge in [-0.3, -0.25) is 4.79 Å². The van der Waals surface area contributed by atoms with Crippen LogP contribution < -0.4 is 5.32 Å². The molecule has 0 unspecified atom stereocenters. The predicted molar refractivity (Wildman–Crippen MR) is 109 cm³/mol. The number of halogens is 1. The molecule has 0 aromatic heterocycles. The highest BCUT2D eigenvalue weighted by atomic mass is 19.1. The van der Waals surface area contributed by atoms with Crippen molar-refractivity contribution in [3.63, 3.8) is 0 Å². The molecule has 3 aromatic carbocycles. The van der Waals surface area contributed by atoms with E-state index in [2.05, 4.69) is 5.32 Å². The Bertz CT molecular complexity index is 948. The fraction of sp³-hybridized carbons (Fsp3) is 0.0833. The van der Waals surface area contributed by atoms with Gasteiger partial charge in [0, 0.05) is 6.08 Å². The van der Waals surface area contributed by atoms with Gasteiger partial charge in [-0.2, -0.15) is 0 Å². The van der Waals surface area contributed by atoms with Gasteiger partial charge < -0.3 is 10.1 Å². The number of carbonyl (C=O) groups is 2. The number of amides is 1. The number of nitrogens with one attached hydrogen (secondary N) is 1. The molecule has 1 N–H and O–H groups in total. The minimum atomic E-state index is -0.680. The number of benzene rings is 3. The van der Waals surface area contributed by atoms with Gasteiger partial charge in [-0.15, -0.1) is 0 Å². The lowest BCUT2D eigenvalue weighted by molar-refractivity contribution is -0.143. The van der Waals surface area contributed by atoms with Crippen LogP contribution in [0.5, 0.6) is 0 Å². The van der Waals surface area contributed by atoms with Gasteiger partial charge in [0.15, 0.2) is 6.61 Å². The summed E-state index contributed by atoms with van der Waals surface area (Å²) in [4.78, 5) is 24.2. The lowest BCUT2D eigenvalue weighted by Crippen LogP contribution is -2.32. The van der Waals surface area contributed by atoms with Crippen molar-refractivity contribution in [1.82, 2.24) is 5.32 Å². The Hall–Kier alpha value is -3.73. The second-order valence-corrected chi connectivity index (χ2v) is 6.32. The summed E-state index contributed by atoms with van der Waals surface area (Å²) in [6.45, 7) is -0.414. The van der Waals surface area contributed by atoms with E-state index in [9.17, 15) is 14.0 Å². The van der Waals surface area contributed by atoms with Crippen LogP contribution in [-0.4, -0.2) is 18.5 Å². The zero-order valence-electron chi connectivity index (χ0n) is 15.6. The number of esters is 1. The van der Waals surface area contributed by atoms with Crippen LogP contribution in [0.25, 0.3) is 6.08 Å². The SMILES string of the molecule is O=C(COC(=O)/C=C/c1cccc(F)c1)NC(c1ccccc1)c1ccccc1. The minimum Gasteiger partial charge on any atom is -0.452 e. The molecule has 1 amide bonds. The van der Waals surface area contributed by atoms with Crippen LogP contribution in [0.4, 0.5) is 4.39 Å². The molecule has 0 saturated heterocycles. The molecule has 0 aliphatic rings. The summed E-state index contributed by atoms with van der Waals surface area (Å²) < 4.78 is 18.1. The van der Waals surface area contributed by atoms with Crippen molar-refractivity contribution in [3.05, 3.63) is 114 Å². The van der Waals surface area contributed by atoms with Gasteiger partial charge >= 0.3 is 5.97 Å². The van der Waals surface area contributed by atoms with Gasteiger partial charge in [-0.05, 0) is 34.9 Å². The molecular formula is C24H20FNO3. The van der Waals surface area contributed by atoms with E-state index in [0.717, 1.165) is 17.2 Å². The van der Waals surface area contributed by atoms with Crippen molar-refractivity contribution in [2.75, 3.05) is 6.61 Å². The van der Waals surface area contributed by atoms with Crippen LogP contribution in [-0.2, 0) is 14.3 Å². The van der Waals surface area contributed by atoms with Gasteiger partial charge in [0.25, 0.3) is 5.91 Å². The van der Waals surface area contributed by atoms with E-state index < -0.39 is 24.3 Å². The molecule has 0 spiro atoms. The van der Waals surface area contributed by atoms with Crippen molar-refractivity contribution < 1.29 is 18.7 Å². The normalized spacial score (nSPS) is 10.8. The number of ether oxygens (including phenoxy) is 1. The lowest BCUT2D eigenvalue weighted by atomic mass is 9.99. The Morgan fingerprint density at radius 2 is 1.52 bits per heavy atom. The topological polar surface area (TPSA) is 55.4 Å². The summed E-state index contributed by atoms with van der Waals surface area (Å²) in [5.74, 6) is -1.50. The average molecular weight is 389 g/mol.